The lowest BCUT2D eigenvalue weighted by Gasteiger charge is -2.46. The standard InChI is InChI=1S/C21H32N2O5S/c1-27-19-6-4-3-5-18(19)7-8-20(24)23-12-10-21(11-13-23)15-17(9-14-28-21)16-22-29(2,25)26/h3-6,17,22H,7-16H2,1-2H3. The Kier molecular flexibility index (Phi) is 7.19. The lowest BCUT2D eigenvalue weighted by Crippen LogP contribution is -2.51. The van der Waals surface area contributed by atoms with Gasteiger partial charge in [0, 0.05) is 32.7 Å². The van der Waals surface area contributed by atoms with Crippen LogP contribution in [0.1, 0.15) is 37.7 Å². The zero-order valence-corrected chi connectivity index (χ0v) is 18.2. The number of amides is 1. The fraction of sp³-hybridized carbons (Fsp3) is 0.667. The van der Waals surface area contributed by atoms with Gasteiger partial charge in [-0.1, -0.05) is 18.2 Å². The van der Waals surface area contributed by atoms with Crippen molar-refractivity contribution in [3.05, 3.63) is 29.8 Å². The molecule has 2 heterocycles. The first-order valence-electron chi connectivity index (χ1n) is 10.3. The summed E-state index contributed by atoms with van der Waals surface area (Å²) < 4.78 is 36.9. The molecule has 0 aliphatic carbocycles. The molecular formula is C21H32N2O5S. The maximum absolute atomic E-state index is 12.7. The van der Waals surface area contributed by atoms with Crippen LogP contribution in [0, 0.1) is 5.92 Å². The molecule has 1 amide bonds. The van der Waals surface area contributed by atoms with Crippen LogP contribution >= 0.6 is 0 Å². The first-order valence-corrected chi connectivity index (χ1v) is 12.2. The number of carbonyl (C=O) groups is 1. The zero-order valence-electron chi connectivity index (χ0n) is 17.4. The van der Waals surface area contributed by atoms with Crippen molar-refractivity contribution in [2.45, 2.75) is 44.1 Å². The summed E-state index contributed by atoms with van der Waals surface area (Å²) in [5, 5.41) is 0. The van der Waals surface area contributed by atoms with Gasteiger partial charge in [-0.3, -0.25) is 4.79 Å². The Labute approximate surface area is 173 Å². The first kappa shape index (κ1) is 22.1. The molecule has 0 radical (unpaired) electrons. The Hall–Kier alpha value is -1.64. The van der Waals surface area contributed by atoms with Crippen molar-refractivity contribution >= 4 is 15.9 Å². The topological polar surface area (TPSA) is 84.9 Å². The molecule has 1 aromatic carbocycles. The molecule has 1 unspecified atom stereocenters. The number of para-hydroxylation sites is 1. The summed E-state index contributed by atoms with van der Waals surface area (Å²) >= 11 is 0. The van der Waals surface area contributed by atoms with E-state index in [1.807, 2.05) is 29.2 Å². The highest BCUT2D eigenvalue weighted by Gasteiger charge is 2.41. The Morgan fingerprint density at radius 2 is 2.03 bits per heavy atom. The number of methoxy groups -OCH3 is 1. The predicted octanol–water partition coefficient (Wildman–Crippen LogP) is 1.96. The molecule has 29 heavy (non-hydrogen) atoms. The molecule has 0 bridgehead atoms. The Balaban J connectivity index is 1.48. The number of piperidine rings is 1. The van der Waals surface area contributed by atoms with Crippen LogP contribution in [0.2, 0.25) is 0 Å². The van der Waals surface area contributed by atoms with Crippen LogP contribution in [0.15, 0.2) is 24.3 Å². The fourth-order valence-electron chi connectivity index (χ4n) is 4.39. The molecule has 1 spiro atoms. The predicted molar refractivity (Wildman–Crippen MR) is 111 cm³/mol. The number of likely N-dealkylation sites (tertiary alicyclic amines) is 1. The number of sulfonamides is 1. The molecule has 0 saturated carbocycles. The van der Waals surface area contributed by atoms with Crippen molar-refractivity contribution in [3.8, 4) is 5.75 Å². The van der Waals surface area contributed by atoms with E-state index in [9.17, 15) is 13.2 Å². The van der Waals surface area contributed by atoms with E-state index in [0.717, 1.165) is 37.0 Å². The van der Waals surface area contributed by atoms with Crippen LogP contribution in [0.25, 0.3) is 0 Å². The maximum atomic E-state index is 12.7. The third-order valence-corrected chi connectivity index (χ3v) is 6.75. The molecule has 3 rings (SSSR count). The summed E-state index contributed by atoms with van der Waals surface area (Å²) in [6.45, 7) is 2.50. The highest BCUT2D eigenvalue weighted by Crippen LogP contribution is 2.37. The van der Waals surface area contributed by atoms with Gasteiger partial charge in [0.15, 0.2) is 0 Å². The van der Waals surface area contributed by atoms with Crippen molar-refractivity contribution in [3.63, 3.8) is 0 Å². The molecular weight excluding hydrogens is 392 g/mol. The number of ether oxygens (including phenoxy) is 2. The van der Waals surface area contributed by atoms with Crippen molar-refractivity contribution in [2.75, 3.05) is 39.6 Å². The largest absolute Gasteiger partial charge is 0.496 e. The Bertz CT molecular complexity index is 803. The number of rotatable bonds is 7. The molecule has 8 heteroatoms. The minimum absolute atomic E-state index is 0.164. The van der Waals surface area contributed by atoms with E-state index < -0.39 is 10.0 Å². The van der Waals surface area contributed by atoms with Gasteiger partial charge in [0.2, 0.25) is 15.9 Å². The number of nitrogens with zero attached hydrogens (tertiary/aromatic N) is 1. The lowest BCUT2D eigenvalue weighted by atomic mass is 9.79. The normalized spacial score (nSPS) is 21.9. The highest BCUT2D eigenvalue weighted by atomic mass is 32.2. The molecule has 2 aliphatic rings. The van der Waals surface area contributed by atoms with E-state index in [2.05, 4.69) is 4.72 Å². The molecule has 1 N–H and O–H groups in total. The van der Waals surface area contributed by atoms with E-state index in [0.29, 0.717) is 39.1 Å². The second kappa shape index (κ2) is 9.45. The van der Waals surface area contributed by atoms with Crippen LogP contribution in [0.4, 0.5) is 0 Å². The molecule has 1 atom stereocenters. The summed E-state index contributed by atoms with van der Waals surface area (Å²) in [4.78, 5) is 14.6. The van der Waals surface area contributed by atoms with Gasteiger partial charge >= 0.3 is 0 Å². The number of carbonyl (C=O) groups excluding carboxylic acids is 1. The number of benzene rings is 1. The molecule has 1 aromatic rings. The first-order chi connectivity index (χ1) is 13.8. The maximum Gasteiger partial charge on any atom is 0.222 e. The van der Waals surface area contributed by atoms with Crippen LogP contribution in [0.3, 0.4) is 0 Å². The lowest BCUT2D eigenvalue weighted by molar-refractivity contribution is -0.146. The summed E-state index contributed by atoms with van der Waals surface area (Å²) in [5.41, 5.74) is 0.829. The summed E-state index contributed by atoms with van der Waals surface area (Å²) in [6, 6.07) is 7.80. The van der Waals surface area contributed by atoms with E-state index in [1.165, 1.54) is 6.26 Å². The quantitative estimate of drug-likeness (QED) is 0.723. The fourth-order valence-corrected chi connectivity index (χ4v) is 4.93. The minimum Gasteiger partial charge on any atom is -0.496 e. The van der Waals surface area contributed by atoms with E-state index >= 15 is 0 Å². The molecule has 2 saturated heterocycles. The van der Waals surface area contributed by atoms with Crippen LogP contribution in [0.5, 0.6) is 5.75 Å². The van der Waals surface area contributed by atoms with Gasteiger partial charge in [-0.25, -0.2) is 13.1 Å². The van der Waals surface area contributed by atoms with Gasteiger partial charge in [-0.2, -0.15) is 0 Å². The van der Waals surface area contributed by atoms with Crippen LogP contribution < -0.4 is 9.46 Å². The summed E-state index contributed by atoms with van der Waals surface area (Å²) in [7, 11) is -1.53. The van der Waals surface area contributed by atoms with Gasteiger partial charge < -0.3 is 14.4 Å². The second-order valence-electron chi connectivity index (χ2n) is 8.20. The molecule has 162 valence electrons. The molecule has 2 aliphatic heterocycles. The van der Waals surface area contributed by atoms with Gasteiger partial charge in [0.05, 0.1) is 19.0 Å². The number of aryl methyl sites for hydroxylation is 1. The summed E-state index contributed by atoms with van der Waals surface area (Å²) in [6.07, 6.45) is 5.66. The van der Waals surface area contributed by atoms with E-state index in [-0.39, 0.29) is 17.4 Å². The smallest absolute Gasteiger partial charge is 0.222 e. The summed E-state index contributed by atoms with van der Waals surface area (Å²) in [5.74, 6) is 1.27. The van der Waals surface area contributed by atoms with Crippen molar-refractivity contribution in [1.82, 2.24) is 9.62 Å². The second-order valence-corrected chi connectivity index (χ2v) is 10.0. The van der Waals surface area contributed by atoms with Gasteiger partial charge in [0.1, 0.15) is 5.75 Å². The van der Waals surface area contributed by atoms with Crippen molar-refractivity contribution < 1.29 is 22.7 Å². The Morgan fingerprint density at radius 3 is 2.72 bits per heavy atom. The van der Waals surface area contributed by atoms with E-state index in [4.69, 9.17) is 9.47 Å². The SMILES string of the molecule is COc1ccccc1CCC(=O)N1CCC2(CC1)CC(CNS(C)(=O)=O)CCO2. The van der Waals surface area contributed by atoms with Gasteiger partial charge in [-0.15, -0.1) is 0 Å². The van der Waals surface area contributed by atoms with Crippen LogP contribution in [-0.4, -0.2) is 64.4 Å². The van der Waals surface area contributed by atoms with Crippen molar-refractivity contribution in [1.29, 1.82) is 0 Å². The Morgan fingerprint density at radius 1 is 1.31 bits per heavy atom. The average Bonchev–Trinajstić information content (AvgIpc) is 2.71. The molecule has 2 fully saturated rings. The van der Waals surface area contributed by atoms with Crippen LogP contribution in [-0.2, 0) is 26.0 Å². The monoisotopic (exact) mass is 424 g/mol. The highest BCUT2D eigenvalue weighted by molar-refractivity contribution is 7.88. The number of hydrogen-bond donors (Lipinski definition) is 1. The number of nitrogens with one attached hydrogen (secondary N) is 1. The van der Waals surface area contributed by atoms with E-state index in [1.54, 1.807) is 7.11 Å². The van der Waals surface area contributed by atoms with Gasteiger partial charge in [-0.05, 0) is 49.7 Å². The zero-order chi connectivity index (χ0) is 20.9. The third-order valence-electron chi connectivity index (χ3n) is 6.06. The van der Waals surface area contributed by atoms with Crippen molar-refractivity contribution in [2.24, 2.45) is 5.92 Å². The third kappa shape index (κ3) is 6.17. The van der Waals surface area contributed by atoms with Gasteiger partial charge in [0.25, 0.3) is 0 Å². The molecule has 0 aromatic heterocycles. The average molecular weight is 425 g/mol. The molecule has 7 nitrogen and oxygen atoms in total. The number of hydrogen-bond acceptors (Lipinski definition) is 5. The minimum atomic E-state index is -3.17.